The molecule has 0 amide bonds. The van der Waals surface area contributed by atoms with Gasteiger partial charge in [0.15, 0.2) is 0 Å². The summed E-state index contributed by atoms with van der Waals surface area (Å²) >= 11 is 0. The second-order valence-corrected chi connectivity index (χ2v) is 13.6. The average Bonchev–Trinajstić information content (AvgIpc) is 2.84. The van der Waals surface area contributed by atoms with E-state index in [2.05, 4.69) is 27.7 Å². The standard InChI is InChI=1S/C28H59O4P.C2H6O6/c1-27(2)23-19-15-11-7-5-9-13-17-21-25-31-33(29,30)32-26-22-18-14-10-6-8-12-16-20-24-28(3)4;3-1(4,5)2(6,7)8/h27-28H,5-26H2,1-4H3,(H,29,30);3-8H. The van der Waals surface area contributed by atoms with Crippen molar-refractivity contribution < 1.29 is 49.1 Å². The summed E-state index contributed by atoms with van der Waals surface area (Å²) in [5.41, 5.74) is 0. The fraction of sp³-hybridized carbons (Fsp3) is 1.00. The van der Waals surface area contributed by atoms with Crippen molar-refractivity contribution in [3.63, 3.8) is 0 Å². The Morgan fingerprint density at radius 2 is 0.683 bits per heavy atom. The van der Waals surface area contributed by atoms with Gasteiger partial charge in [0.1, 0.15) is 0 Å². The van der Waals surface area contributed by atoms with Crippen molar-refractivity contribution in [2.24, 2.45) is 11.8 Å². The van der Waals surface area contributed by atoms with Gasteiger partial charge in [-0.15, -0.1) is 0 Å². The topological polar surface area (TPSA) is 177 Å². The molecule has 0 heterocycles. The molecule has 0 bridgehead atoms. The van der Waals surface area contributed by atoms with E-state index >= 15 is 0 Å². The van der Waals surface area contributed by atoms with Crippen LogP contribution in [0.1, 0.15) is 156 Å². The van der Waals surface area contributed by atoms with Gasteiger partial charge < -0.3 is 35.5 Å². The molecule has 0 aromatic rings. The Kier molecular flexibility index (Phi) is 27.6. The minimum atomic E-state index is -3.90. The van der Waals surface area contributed by atoms with Crippen LogP contribution >= 0.6 is 7.82 Å². The van der Waals surface area contributed by atoms with Gasteiger partial charge in [-0.3, -0.25) is 9.05 Å². The van der Waals surface area contributed by atoms with Crippen molar-refractivity contribution in [2.75, 3.05) is 13.2 Å². The van der Waals surface area contributed by atoms with E-state index in [-0.39, 0.29) is 0 Å². The molecular formula is C30H65O10P. The van der Waals surface area contributed by atoms with Crippen LogP contribution in [0.4, 0.5) is 0 Å². The summed E-state index contributed by atoms with van der Waals surface area (Å²) in [7, 11) is -3.86. The van der Waals surface area contributed by atoms with Crippen molar-refractivity contribution in [3.05, 3.63) is 0 Å². The zero-order valence-corrected chi connectivity index (χ0v) is 27.4. The van der Waals surface area contributed by atoms with Gasteiger partial charge in [0, 0.05) is 0 Å². The third-order valence-corrected chi connectivity index (χ3v) is 7.83. The highest BCUT2D eigenvalue weighted by Gasteiger charge is 2.44. The molecule has 0 spiro atoms. The van der Waals surface area contributed by atoms with Gasteiger partial charge in [0.2, 0.25) is 0 Å². The summed E-state index contributed by atoms with van der Waals surface area (Å²) in [5, 5.41) is 46.3. The summed E-state index contributed by atoms with van der Waals surface area (Å²) in [4.78, 5) is 9.78. The van der Waals surface area contributed by atoms with Crippen LogP contribution in [0.25, 0.3) is 0 Å². The maximum absolute atomic E-state index is 11.9. The van der Waals surface area contributed by atoms with Crippen molar-refractivity contribution >= 4 is 7.82 Å². The van der Waals surface area contributed by atoms with E-state index in [4.69, 9.17) is 39.7 Å². The van der Waals surface area contributed by atoms with Gasteiger partial charge in [-0.1, -0.05) is 143 Å². The van der Waals surface area contributed by atoms with Crippen molar-refractivity contribution in [1.29, 1.82) is 0 Å². The molecule has 0 aliphatic carbocycles. The molecule has 41 heavy (non-hydrogen) atoms. The second-order valence-electron chi connectivity index (χ2n) is 12.1. The smallest absolute Gasteiger partial charge is 0.337 e. The first-order chi connectivity index (χ1) is 19.1. The zero-order valence-electron chi connectivity index (χ0n) is 26.5. The molecule has 10 nitrogen and oxygen atoms in total. The quantitative estimate of drug-likeness (QED) is 0.0307. The number of hydrogen-bond acceptors (Lipinski definition) is 9. The maximum atomic E-state index is 11.9. The predicted molar refractivity (Wildman–Crippen MR) is 163 cm³/mol. The highest BCUT2D eigenvalue weighted by molar-refractivity contribution is 7.47. The molecule has 0 rings (SSSR count). The molecule has 0 saturated carbocycles. The highest BCUT2D eigenvalue weighted by atomic mass is 31.2. The first kappa shape index (κ1) is 43.0. The lowest BCUT2D eigenvalue weighted by molar-refractivity contribution is -0.512. The van der Waals surface area contributed by atoms with Crippen LogP contribution in [0.2, 0.25) is 0 Å². The minimum Gasteiger partial charge on any atom is -0.337 e. The number of aliphatic hydroxyl groups is 6. The van der Waals surface area contributed by atoms with Crippen LogP contribution in [0.3, 0.4) is 0 Å². The lowest BCUT2D eigenvalue weighted by atomic mass is 10.0. The number of phosphoric ester groups is 1. The largest absolute Gasteiger partial charge is 0.472 e. The molecule has 0 saturated heterocycles. The Bertz CT molecular complexity index is 555. The van der Waals surface area contributed by atoms with Gasteiger partial charge in [0.05, 0.1) is 13.2 Å². The van der Waals surface area contributed by atoms with Gasteiger partial charge >= 0.3 is 19.8 Å². The molecule has 0 aromatic heterocycles. The van der Waals surface area contributed by atoms with E-state index in [1.165, 1.54) is 103 Å². The summed E-state index contributed by atoms with van der Waals surface area (Å²) in [6, 6.07) is 0. The molecule has 250 valence electrons. The monoisotopic (exact) mass is 616 g/mol. The minimum absolute atomic E-state index is 0.320. The summed E-state index contributed by atoms with van der Waals surface area (Å²) in [6.45, 7) is 9.83. The molecule has 0 aliphatic rings. The Hall–Kier alpha value is -0.130. The lowest BCUT2D eigenvalue weighted by Crippen LogP contribution is -2.54. The number of rotatable bonds is 27. The van der Waals surface area contributed by atoms with Crippen LogP contribution in [0.5, 0.6) is 0 Å². The molecule has 0 radical (unpaired) electrons. The van der Waals surface area contributed by atoms with E-state index in [1.54, 1.807) is 0 Å². The lowest BCUT2D eigenvalue weighted by Gasteiger charge is -2.23. The van der Waals surface area contributed by atoms with E-state index in [0.717, 1.165) is 37.5 Å². The average molecular weight is 617 g/mol. The SMILES string of the molecule is CC(C)CCCCCCCCCCCOP(=O)(O)OCCCCCCCCCCCC(C)C.OC(O)(O)C(O)(O)O. The summed E-state index contributed by atoms with van der Waals surface area (Å²) in [6.07, 6.45) is 24.9. The van der Waals surface area contributed by atoms with Crippen molar-refractivity contribution in [1.82, 2.24) is 0 Å². The van der Waals surface area contributed by atoms with Gasteiger partial charge in [-0.2, -0.15) is 0 Å². The predicted octanol–water partition coefficient (Wildman–Crippen LogP) is 6.48. The van der Waals surface area contributed by atoms with Crippen LogP contribution in [0.15, 0.2) is 0 Å². The highest BCUT2D eigenvalue weighted by Crippen LogP contribution is 2.43. The Labute approximate surface area is 250 Å². The van der Waals surface area contributed by atoms with E-state index < -0.39 is 19.8 Å². The molecule has 11 heteroatoms. The molecule has 0 atom stereocenters. The van der Waals surface area contributed by atoms with Crippen LogP contribution in [-0.4, -0.2) is 60.7 Å². The van der Waals surface area contributed by atoms with Crippen molar-refractivity contribution in [3.8, 4) is 0 Å². The van der Waals surface area contributed by atoms with Gasteiger partial charge in [-0.25, -0.2) is 4.57 Å². The van der Waals surface area contributed by atoms with Gasteiger partial charge in [0.25, 0.3) is 0 Å². The molecule has 7 N–H and O–H groups in total. The molecule has 0 fully saturated rings. The summed E-state index contributed by atoms with van der Waals surface area (Å²) < 4.78 is 22.2. The molecule has 0 unspecified atom stereocenters. The van der Waals surface area contributed by atoms with Crippen LogP contribution in [0, 0.1) is 11.8 Å². The molecule has 0 aromatic carbocycles. The van der Waals surface area contributed by atoms with Gasteiger partial charge in [-0.05, 0) is 24.7 Å². The van der Waals surface area contributed by atoms with Crippen LogP contribution < -0.4 is 0 Å². The van der Waals surface area contributed by atoms with E-state index in [9.17, 15) is 9.46 Å². The van der Waals surface area contributed by atoms with E-state index in [1.807, 2.05) is 0 Å². The Morgan fingerprint density at radius 1 is 0.463 bits per heavy atom. The zero-order chi connectivity index (χ0) is 31.6. The van der Waals surface area contributed by atoms with E-state index in [0.29, 0.717) is 13.2 Å². The third kappa shape index (κ3) is 34.2. The summed E-state index contributed by atoms with van der Waals surface area (Å²) in [5.74, 6) is -6.12. The van der Waals surface area contributed by atoms with Crippen LogP contribution in [-0.2, 0) is 13.6 Å². The first-order valence-electron chi connectivity index (χ1n) is 16.0. The number of unbranched alkanes of at least 4 members (excludes halogenated alkanes) is 16. The first-order valence-corrected chi connectivity index (χ1v) is 17.5. The number of hydrogen-bond donors (Lipinski definition) is 7. The second kappa shape index (κ2) is 26.3. The fourth-order valence-electron chi connectivity index (χ4n) is 4.18. The number of phosphoric acid groups is 1. The Morgan fingerprint density at radius 3 is 0.902 bits per heavy atom. The fourth-order valence-corrected chi connectivity index (χ4v) is 4.98. The Balaban J connectivity index is 0. The normalized spacial score (nSPS) is 12.7. The third-order valence-electron chi connectivity index (χ3n) is 6.81. The maximum Gasteiger partial charge on any atom is 0.472 e. The molecular weight excluding hydrogens is 551 g/mol. The van der Waals surface area contributed by atoms with Crippen molar-refractivity contribution in [2.45, 2.75) is 168 Å². The molecule has 0 aliphatic heterocycles.